The molecule has 4 aliphatic rings. The molecule has 1 aromatic heterocycles. The first kappa shape index (κ1) is 18.5. The summed E-state index contributed by atoms with van der Waals surface area (Å²) in [5.74, 6) is 1.03. The van der Waals surface area contributed by atoms with Crippen molar-refractivity contribution in [2.75, 3.05) is 0 Å². The quantitative estimate of drug-likeness (QED) is 0.726. The Morgan fingerprint density at radius 2 is 1.93 bits per heavy atom. The van der Waals surface area contributed by atoms with Crippen molar-refractivity contribution in [3.8, 4) is 0 Å². The number of fused-ring (bicyclic) bond motifs is 2. The van der Waals surface area contributed by atoms with E-state index in [-0.39, 0.29) is 35.6 Å². The van der Waals surface area contributed by atoms with Crippen LogP contribution in [0.5, 0.6) is 0 Å². The van der Waals surface area contributed by atoms with Crippen LogP contribution in [0.15, 0.2) is 52.3 Å². The molecule has 0 N–H and O–H groups in total. The lowest BCUT2D eigenvalue weighted by molar-refractivity contribution is 0.168. The van der Waals surface area contributed by atoms with Crippen LogP contribution < -0.4 is 0 Å². The fourth-order valence-corrected chi connectivity index (χ4v) is 5.09. The Morgan fingerprint density at radius 3 is 2.72 bits per heavy atom. The fraction of sp³-hybridized carbons (Fsp3) is 0.500. The molecule has 1 fully saturated rings. The lowest BCUT2D eigenvalue weighted by Gasteiger charge is -2.36. The summed E-state index contributed by atoms with van der Waals surface area (Å²) in [6.45, 7) is 2.16. The van der Waals surface area contributed by atoms with Crippen LogP contribution in [-0.4, -0.2) is 39.0 Å². The van der Waals surface area contributed by atoms with Gasteiger partial charge in [-0.25, -0.2) is 13.8 Å². The van der Waals surface area contributed by atoms with Crippen molar-refractivity contribution in [3.05, 3.63) is 53.8 Å². The van der Waals surface area contributed by atoms with Crippen LogP contribution in [0.1, 0.15) is 57.1 Å². The summed E-state index contributed by atoms with van der Waals surface area (Å²) in [6.07, 6.45) is 11.8. The molecule has 0 saturated heterocycles. The maximum absolute atomic E-state index is 14.1. The molecule has 0 spiro atoms. The molecule has 152 valence electrons. The summed E-state index contributed by atoms with van der Waals surface area (Å²) in [5.41, 5.74) is 1.41. The Bertz CT molecular complexity index is 914. The van der Waals surface area contributed by atoms with Gasteiger partial charge in [0.2, 0.25) is 0 Å². The Balaban J connectivity index is 1.33. The summed E-state index contributed by atoms with van der Waals surface area (Å²) in [5, 5.41) is 6.74. The summed E-state index contributed by atoms with van der Waals surface area (Å²) >= 11 is 0. The molecule has 3 heterocycles. The predicted molar refractivity (Wildman–Crippen MR) is 108 cm³/mol. The van der Waals surface area contributed by atoms with E-state index in [1.807, 2.05) is 12.5 Å². The van der Waals surface area contributed by atoms with Crippen LogP contribution in [0.4, 0.5) is 8.78 Å². The number of hydrazone groups is 1. The van der Waals surface area contributed by atoms with Gasteiger partial charge in [0, 0.05) is 29.8 Å². The van der Waals surface area contributed by atoms with E-state index in [1.54, 1.807) is 18.3 Å². The van der Waals surface area contributed by atoms with Crippen molar-refractivity contribution < 1.29 is 8.78 Å². The standard InChI is InChI=1S/C22H25F2N5/c1-14-18-9-6-16(23)11-20(18)26-12-21-28(14)13-27-29(21)17-7-4-15(5-8-17)22-19(24)3-2-10-25-22/h2-3,10-15,17-18H,4-9H2,1H3. The Hall–Kier alpha value is -2.57. The van der Waals surface area contributed by atoms with Gasteiger partial charge in [0.05, 0.1) is 17.9 Å². The topological polar surface area (TPSA) is 44.1 Å². The first-order valence-corrected chi connectivity index (χ1v) is 10.5. The highest BCUT2D eigenvalue weighted by atomic mass is 19.1. The van der Waals surface area contributed by atoms with Gasteiger partial charge in [0.1, 0.15) is 23.8 Å². The zero-order valence-electron chi connectivity index (χ0n) is 16.5. The third-order valence-electron chi connectivity index (χ3n) is 6.74. The number of hydrogen-bond acceptors (Lipinski definition) is 5. The monoisotopic (exact) mass is 397 g/mol. The highest BCUT2D eigenvalue weighted by Gasteiger charge is 2.39. The van der Waals surface area contributed by atoms with Crippen molar-refractivity contribution >= 4 is 12.1 Å². The molecule has 2 unspecified atom stereocenters. The smallest absolute Gasteiger partial charge is 0.149 e. The van der Waals surface area contributed by atoms with E-state index < -0.39 is 0 Å². The first-order chi connectivity index (χ1) is 14.1. The van der Waals surface area contributed by atoms with E-state index in [9.17, 15) is 8.78 Å². The number of hydrogen-bond donors (Lipinski definition) is 0. The Labute approximate surface area is 169 Å². The molecule has 0 radical (unpaired) electrons. The summed E-state index contributed by atoms with van der Waals surface area (Å²) < 4.78 is 27.9. The van der Waals surface area contributed by atoms with Crippen LogP contribution in [0, 0.1) is 11.7 Å². The number of halogens is 2. The molecule has 0 aromatic carbocycles. The minimum atomic E-state index is -0.208. The number of nitrogens with zero attached hydrogens (tertiary/aromatic N) is 5. The molecule has 2 atom stereocenters. The first-order valence-electron chi connectivity index (χ1n) is 10.5. The second kappa shape index (κ2) is 7.35. The van der Waals surface area contributed by atoms with E-state index in [1.165, 1.54) is 6.07 Å². The Kier molecular flexibility index (Phi) is 4.68. The van der Waals surface area contributed by atoms with Crippen molar-refractivity contribution in [2.24, 2.45) is 16.0 Å². The predicted octanol–water partition coefficient (Wildman–Crippen LogP) is 4.71. The van der Waals surface area contributed by atoms with Gasteiger partial charge < -0.3 is 4.90 Å². The van der Waals surface area contributed by atoms with Gasteiger partial charge in [-0.2, -0.15) is 5.10 Å². The van der Waals surface area contributed by atoms with Crippen LogP contribution in [0.2, 0.25) is 0 Å². The van der Waals surface area contributed by atoms with Crippen LogP contribution in [0.25, 0.3) is 0 Å². The third kappa shape index (κ3) is 3.26. The fourth-order valence-electron chi connectivity index (χ4n) is 5.09. The van der Waals surface area contributed by atoms with E-state index in [0.717, 1.165) is 43.6 Å². The van der Waals surface area contributed by atoms with E-state index in [2.05, 4.69) is 31.9 Å². The number of aromatic nitrogens is 1. The number of pyridine rings is 1. The molecule has 2 aliphatic carbocycles. The van der Waals surface area contributed by atoms with Gasteiger partial charge >= 0.3 is 0 Å². The SMILES string of the molecule is CC1C2CCC(F)=CC2=NC=C2N1C=NN2C1CCC(c2ncccc2F)CC1. The highest BCUT2D eigenvalue weighted by molar-refractivity contribution is 5.99. The molecular weight excluding hydrogens is 372 g/mol. The van der Waals surface area contributed by atoms with Crippen LogP contribution in [0.3, 0.4) is 0 Å². The average Bonchev–Trinajstić information content (AvgIpc) is 3.11. The molecule has 5 rings (SSSR count). The minimum absolute atomic E-state index is 0.0849. The zero-order chi connectivity index (χ0) is 20.0. The maximum Gasteiger partial charge on any atom is 0.149 e. The number of rotatable bonds is 2. The van der Waals surface area contributed by atoms with Crippen molar-refractivity contribution in [3.63, 3.8) is 0 Å². The molecule has 2 aliphatic heterocycles. The van der Waals surface area contributed by atoms with Gasteiger partial charge in [0.25, 0.3) is 0 Å². The van der Waals surface area contributed by atoms with Gasteiger partial charge in [-0.05, 0) is 63.7 Å². The molecule has 1 saturated carbocycles. The largest absolute Gasteiger partial charge is 0.311 e. The van der Waals surface area contributed by atoms with Gasteiger partial charge in [-0.3, -0.25) is 9.98 Å². The van der Waals surface area contributed by atoms with Crippen molar-refractivity contribution in [2.45, 2.75) is 63.5 Å². The van der Waals surface area contributed by atoms with Crippen molar-refractivity contribution in [1.82, 2.24) is 14.9 Å². The molecule has 5 nitrogen and oxygen atoms in total. The molecule has 29 heavy (non-hydrogen) atoms. The number of allylic oxidation sites excluding steroid dienone is 2. The summed E-state index contributed by atoms with van der Waals surface area (Å²) in [7, 11) is 0. The van der Waals surface area contributed by atoms with Gasteiger partial charge in [-0.15, -0.1) is 0 Å². The average molecular weight is 397 g/mol. The van der Waals surface area contributed by atoms with Crippen LogP contribution in [-0.2, 0) is 0 Å². The third-order valence-corrected chi connectivity index (χ3v) is 6.74. The van der Waals surface area contributed by atoms with Gasteiger partial charge in [-0.1, -0.05) is 0 Å². The second-order valence-corrected chi connectivity index (χ2v) is 8.38. The van der Waals surface area contributed by atoms with E-state index in [0.29, 0.717) is 12.1 Å². The minimum Gasteiger partial charge on any atom is -0.311 e. The normalized spacial score (nSPS) is 31.5. The zero-order valence-corrected chi connectivity index (χ0v) is 16.5. The molecule has 0 amide bonds. The molecular formula is C22H25F2N5. The van der Waals surface area contributed by atoms with Crippen LogP contribution >= 0.6 is 0 Å². The molecule has 0 bridgehead atoms. The van der Waals surface area contributed by atoms with E-state index >= 15 is 0 Å². The molecule has 7 heteroatoms. The van der Waals surface area contributed by atoms with Gasteiger partial charge in [0.15, 0.2) is 0 Å². The van der Waals surface area contributed by atoms with E-state index in [4.69, 9.17) is 0 Å². The lowest BCUT2D eigenvalue weighted by atomic mass is 9.83. The molecule has 1 aromatic rings. The number of aliphatic imine (C=N–C) groups is 1. The highest BCUT2D eigenvalue weighted by Crippen LogP contribution is 2.39. The summed E-state index contributed by atoms with van der Waals surface area (Å²) in [4.78, 5) is 11.1. The summed E-state index contributed by atoms with van der Waals surface area (Å²) in [6, 6.07) is 3.56. The Morgan fingerprint density at radius 1 is 1.10 bits per heavy atom. The second-order valence-electron chi connectivity index (χ2n) is 8.38. The maximum atomic E-state index is 14.1. The lowest BCUT2D eigenvalue weighted by Crippen LogP contribution is -2.41. The van der Waals surface area contributed by atoms with Crippen molar-refractivity contribution in [1.29, 1.82) is 0 Å².